The average molecular weight is 286 g/mol. The van der Waals surface area contributed by atoms with Crippen molar-refractivity contribution in [3.63, 3.8) is 0 Å². The van der Waals surface area contributed by atoms with Gasteiger partial charge in [-0.3, -0.25) is 0 Å². The molecule has 3 rings (SSSR count). The molecule has 0 spiro atoms. The lowest BCUT2D eigenvalue weighted by molar-refractivity contribution is 0.373. The van der Waals surface area contributed by atoms with E-state index in [1.165, 1.54) is 5.56 Å². The van der Waals surface area contributed by atoms with Crippen LogP contribution in [0.2, 0.25) is 0 Å². The van der Waals surface area contributed by atoms with Gasteiger partial charge in [0.25, 0.3) is 5.89 Å². The van der Waals surface area contributed by atoms with Gasteiger partial charge in [-0.25, -0.2) is 0 Å². The predicted octanol–water partition coefficient (Wildman–Crippen LogP) is 3.26. The van der Waals surface area contributed by atoms with Gasteiger partial charge >= 0.3 is 0 Å². The van der Waals surface area contributed by atoms with Crippen LogP contribution in [0, 0.1) is 6.92 Å². The molecule has 2 heterocycles. The first-order chi connectivity index (χ1) is 8.19. The maximum absolute atomic E-state index is 6.30. The van der Waals surface area contributed by atoms with Crippen LogP contribution in [-0.4, -0.2) is 10.1 Å². The minimum atomic E-state index is -0.368. The Morgan fingerprint density at radius 2 is 2.11 bits per heavy atom. The summed E-state index contributed by atoms with van der Waals surface area (Å²) in [5, 5.41) is 6.09. The molecule has 4 nitrogen and oxygen atoms in total. The molecule has 1 aliphatic rings. The van der Waals surface area contributed by atoms with Crippen LogP contribution >= 0.6 is 23.7 Å². The van der Waals surface area contributed by atoms with Crippen molar-refractivity contribution in [2.24, 2.45) is 5.73 Å². The van der Waals surface area contributed by atoms with Crippen molar-refractivity contribution in [1.29, 1.82) is 0 Å². The number of nitrogens with zero attached hydrogens (tertiary/aromatic N) is 2. The number of aromatic nitrogens is 2. The van der Waals surface area contributed by atoms with Gasteiger partial charge in [-0.15, -0.1) is 23.7 Å². The molecule has 2 aromatic rings. The van der Waals surface area contributed by atoms with Crippen LogP contribution in [0.4, 0.5) is 0 Å². The molecule has 0 saturated heterocycles. The third kappa shape index (κ3) is 2.18. The standard InChI is InChI=1S/C12H15N3OS.ClH/c1-8-4-7-17-9(8)10-14-11(15-16-10)12(13)5-2-3-6-12;/h4,7H,2-3,5-6,13H2,1H3;1H. The van der Waals surface area contributed by atoms with E-state index in [0.29, 0.717) is 11.7 Å². The van der Waals surface area contributed by atoms with Gasteiger partial charge in [-0.2, -0.15) is 4.98 Å². The first kappa shape index (κ1) is 13.5. The molecule has 0 amide bonds. The third-order valence-corrected chi connectivity index (χ3v) is 4.43. The van der Waals surface area contributed by atoms with Crippen molar-refractivity contribution >= 4 is 23.7 Å². The summed E-state index contributed by atoms with van der Waals surface area (Å²) in [4.78, 5) is 5.52. The molecular formula is C12H16ClN3OS. The van der Waals surface area contributed by atoms with Gasteiger partial charge in [0.15, 0.2) is 5.82 Å². The fraction of sp³-hybridized carbons (Fsp3) is 0.500. The molecule has 0 bridgehead atoms. The highest BCUT2D eigenvalue weighted by Gasteiger charge is 2.36. The number of thiophene rings is 1. The van der Waals surface area contributed by atoms with E-state index in [1.54, 1.807) is 11.3 Å². The van der Waals surface area contributed by atoms with Gasteiger partial charge in [0, 0.05) is 0 Å². The Kier molecular flexibility index (Phi) is 3.75. The predicted molar refractivity (Wildman–Crippen MR) is 73.9 cm³/mol. The normalized spacial score (nSPS) is 17.7. The van der Waals surface area contributed by atoms with Gasteiger partial charge < -0.3 is 10.3 Å². The Bertz CT molecular complexity index is 531. The molecule has 2 N–H and O–H groups in total. The molecule has 18 heavy (non-hydrogen) atoms. The van der Waals surface area contributed by atoms with Crippen molar-refractivity contribution < 1.29 is 4.52 Å². The van der Waals surface area contributed by atoms with Gasteiger partial charge in [-0.1, -0.05) is 18.0 Å². The third-order valence-electron chi connectivity index (χ3n) is 3.42. The lowest BCUT2D eigenvalue weighted by atomic mass is 9.99. The molecule has 0 radical (unpaired) electrons. The summed E-state index contributed by atoms with van der Waals surface area (Å²) in [6, 6.07) is 2.05. The van der Waals surface area contributed by atoms with Gasteiger partial charge in [0.05, 0.1) is 10.4 Å². The first-order valence-corrected chi connectivity index (χ1v) is 6.74. The number of hydrogen-bond acceptors (Lipinski definition) is 5. The van der Waals surface area contributed by atoms with Crippen molar-refractivity contribution in [3.05, 3.63) is 22.8 Å². The molecule has 6 heteroatoms. The summed E-state index contributed by atoms with van der Waals surface area (Å²) in [6.07, 6.45) is 4.21. The van der Waals surface area contributed by atoms with E-state index in [0.717, 1.165) is 30.6 Å². The van der Waals surface area contributed by atoms with Gasteiger partial charge in [-0.05, 0) is 36.8 Å². The average Bonchev–Trinajstić information content (AvgIpc) is 2.97. The Balaban J connectivity index is 0.00000120. The van der Waals surface area contributed by atoms with Crippen LogP contribution in [0.5, 0.6) is 0 Å². The van der Waals surface area contributed by atoms with Crippen molar-refractivity contribution in [2.75, 3.05) is 0 Å². The summed E-state index contributed by atoms with van der Waals surface area (Å²) in [6.45, 7) is 2.05. The lowest BCUT2D eigenvalue weighted by Gasteiger charge is -2.17. The zero-order valence-electron chi connectivity index (χ0n) is 10.2. The van der Waals surface area contributed by atoms with Crippen LogP contribution in [0.1, 0.15) is 37.1 Å². The van der Waals surface area contributed by atoms with E-state index >= 15 is 0 Å². The first-order valence-electron chi connectivity index (χ1n) is 5.87. The van der Waals surface area contributed by atoms with E-state index in [-0.39, 0.29) is 17.9 Å². The van der Waals surface area contributed by atoms with E-state index in [9.17, 15) is 0 Å². The maximum Gasteiger partial charge on any atom is 0.268 e. The smallest absolute Gasteiger partial charge is 0.268 e. The van der Waals surface area contributed by atoms with Crippen LogP contribution < -0.4 is 5.73 Å². The second kappa shape index (κ2) is 4.99. The highest BCUT2D eigenvalue weighted by molar-refractivity contribution is 7.13. The topological polar surface area (TPSA) is 64.9 Å². The molecule has 0 aliphatic heterocycles. The zero-order chi connectivity index (χ0) is 11.9. The molecule has 98 valence electrons. The minimum Gasteiger partial charge on any atom is -0.333 e. The second-order valence-corrected chi connectivity index (χ2v) is 5.64. The van der Waals surface area contributed by atoms with Gasteiger partial charge in [0.1, 0.15) is 0 Å². The van der Waals surface area contributed by atoms with Crippen LogP contribution in [-0.2, 0) is 5.54 Å². The number of rotatable bonds is 2. The van der Waals surface area contributed by atoms with E-state index < -0.39 is 0 Å². The minimum absolute atomic E-state index is 0. The fourth-order valence-corrected chi connectivity index (χ4v) is 3.19. The summed E-state index contributed by atoms with van der Waals surface area (Å²) >= 11 is 1.62. The summed E-state index contributed by atoms with van der Waals surface area (Å²) in [5.74, 6) is 1.27. The summed E-state index contributed by atoms with van der Waals surface area (Å²) in [7, 11) is 0. The molecular weight excluding hydrogens is 270 g/mol. The zero-order valence-corrected chi connectivity index (χ0v) is 11.8. The van der Waals surface area contributed by atoms with E-state index in [1.807, 2.05) is 12.3 Å². The molecule has 0 unspecified atom stereocenters. The van der Waals surface area contributed by atoms with Crippen molar-refractivity contribution in [2.45, 2.75) is 38.1 Å². The highest BCUT2D eigenvalue weighted by Crippen LogP contribution is 2.36. The molecule has 0 atom stereocenters. The van der Waals surface area contributed by atoms with Crippen molar-refractivity contribution in [3.8, 4) is 10.8 Å². The molecule has 1 fully saturated rings. The monoisotopic (exact) mass is 285 g/mol. The Hall–Kier alpha value is -0.910. The number of halogens is 1. The van der Waals surface area contributed by atoms with E-state index in [2.05, 4.69) is 16.2 Å². The van der Waals surface area contributed by atoms with E-state index in [4.69, 9.17) is 10.3 Å². The molecule has 1 aliphatic carbocycles. The Morgan fingerprint density at radius 3 is 2.72 bits per heavy atom. The SMILES string of the molecule is Cc1ccsc1-c1nc(C2(N)CCCC2)no1.Cl. The number of hydrogen-bond donors (Lipinski definition) is 1. The quantitative estimate of drug-likeness (QED) is 0.920. The Morgan fingerprint density at radius 1 is 1.39 bits per heavy atom. The van der Waals surface area contributed by atoms with Crippen LogP contribution in [0.15, 0.2) is 16.0 Å². The molecule has 1 saturated carbocycles. The molecule has 0 aromatic carbocycles. The summed E-state index contributed by atoms with van der Waals surface area (Å²) < 4.78 is 5.34. The highest BCUT2D eigenvalue weighted by atomic mass is 35.5. The van der Waals surface area contributed by atoms with Crippen LogP contribution in [0.25, 0.3) is 10.8 Å². The number of aryl methyl sites for hydroxylation is 1. The van der Waals surface area contributed by atoms with Crippen LogP contribution in [0.3, 0.4) is 0 Å². The maximum atomic E-state index is 6.30. The molecule has 2 aromatic heterocycles. The Labute approximate surface area is 116 Å². The second-order valence-electron chi connectivity index (χ2n) is 4.72. The summed E-state index contributed by atoms with van der Waals surface area (Å²) in [5.41, 5.74) is 7.10. The van der Waals surface area contributed by atoms with Gasteiger partial charge in [0.2, 0.25) is 0 Å². The fourth-order valence-electron chi connectivity index (χ4n) is 2.34. The largest absolute Gasteiger partial charge is 0.333 e. The number of nitrogens with two attached hydrogens (primary N) is 1. The lowest BCUT2D eigenvalue weighted by Crippen LogP contribution is -2.34. The van der Waals surface area contributed by atoms with Crippen molar-refractivity contribution in [1.82, 2.24) is 10.1 Å².